The Balaban J connectivity index is 1.66. The molecule has 1 aliphatic rings. The molecule has 0 aliphatic heterocycles. The van der Waals surface area contributed by atoms with Gasteiger partial charge in [0.2, 0.25) is 5.91 Å². The summed E-state index contributed by atoms with van der Waals surface area (Å²) in [5, 5.41) is 10.5. The summed E-state index contributed by atoms with van der Waals surface area (Å²) < 4.78 is 1.93. The Kier molecular flexibility index (Phi) is 5.04. The van der Waals surface area contributed by atoms with Crippen LogP contribution in [0.4, 0.5) is 0 Å². The summed E-state index contributed by atoms with van der Waals surface area (Å²) in [4.78, 5) is 21.8. The van der Waals surface area contributed by atoms with Crippen molar-refractivity contribution in [3.8, 4) is 0 Å². The number of carbonyl (C=O) groups is 1. The van der Waals surface area contributed by atoms with Crippen LogP contribution in [0.1, 0.15) is 43.8 Å². The molecule has 130 valence electrons. The highest BCUT2D eigenvalue weighted by molar-refractivity contribution is 5.80. The lowest BCUT2D eigenvalue weighted by Gasteiger charge is -2.28. The van der Waals surface area contributed by atoms with Crippen LogP contribution in [0.3, 0.4) is 0 Å². The molecule has 3 rings (SSSR count). The van der Waals surface area contributed by atoms with Gasteiger partial charge in [0, 0.05) is 44.3 Å². The van der Waals surface area contributed by atoms with E-state index in [-0.39, 0.29) is 11.9 Å². The van der Waals surface area contributed by atoms with Gasteiger partial charge in [0.1, 0.15) is 6.04 Å². The molecule has 1 unspecified atom stereocenters. The average Bonchev–Trinajstić information content (AvgIpc) is 3.32. The molecule has 1 saturated carbocycles. The maximum atomic E-state index is 13.0. The summed E-state index contributed by atoms with van der Waals surface area (Å²) in [7, 11) is 1.82. The zero-order valence-electron chi connectivity index (χ0n) is 14.2. The predicted octanol–water partition coefficient (Wildman–Crippen LogP) is 2.15. The zero-order valence-corrected chi connectivity index (χ0v) is 14.2. The molecule has 24 heavy (non-hydrogen) atoms. The lowest BCUT2D eigenvalue weighted by Crippen LogP contribution is -2.39. The second-order valence-corrected chi connectivity index (χ2v) is 6.87. The minimum atomic E-state index is -0.582. The minimum Gasteiger partial charge on any atom is -0.390 e. The Hall–Kier alpha value is -2.08. The van der Waals surface area contributed by atoms with Crippen molar-refractivity contribution in [2.45, 2.75) is 50.2 Å². The van der Waals surface area contributed by atoms with Gasteiger partial charge in [-0.25, -0.2) is 4.98 Å². The van der Waals surface area contributed by atoms with Crippen LogP contribution in [0.15, 0.2) is 37.1 Å². The summed E-state index contributed by atoms with van der Waals surface area (Å²) in [5.41, 5.74) is 0.353. The van der Waals surface area contributed by atoms with Crippen LogP contribution in [-0.2, 0) is 11.2 Å². The fourth-order valence-electron chi connectivity index (χ4n) is 3.50. The van der Waals surface area contributed by atoms with E-state index in [1.807, 2.05) is 36.1 Å². The van der Waals surface area contributed by atoms with Crippen molar-refractivity contribution in [3.05, 3.63) is 42.7 Å². The van der Waals surface area contributed by atoms with E-state index in [1.54, 1.807) is 17.4 Å². The van der Waals surface area contributed by atoms with Crippen LogP contribution < -0.4 is 0 Å². The van der Waals surface area contributed by atoms with E-state index < -0.39 is 5.60 Å². The number of aromatic amines is 1. The fourth-order valence-corrected chi connectivity index (χ4v) is 3.50. The summed E-state index contributed by atoms with van der Waals surface area (Å²) in [6, 6.07) is 3.55. The van der Waals surface area contributed by atoms with Gasteiger partial charge in [0.05, 0.1) is 11.9 Å². The summed E-state index contributed by atoms with van der Waals surface area (Å²) in [6.45, 7) is 0.579. The molecule has 1 fully saturated rings. The average molecular weight is 330 g/mol. The third kappa shape index (κ3) is 3.87. The molecule has 0 radical (unpaired) electrons. The van der Waals surface area contributed by atoms with Crippen LogP contribution in [0.5, 0.6) is 0 Å². The number of aromatic nitrogens is 3. The molecule has 0 saturated heterocycles. The molecular formula is C18H26N4O2. The molecular weight excluding hydrogens is 304 g/mol. The molecule has 2 N–H and O–H groups in total. The highest BCUT2D eigenvalue weighted by atomic mass is 16.3. The topological polar surface area (TPSA) is 74.2 Å². The molecule has 2 aromatic heterocycles. The minimum absolute atomic E-state index is 0.0578. The number of hydrogen-bond donors (Lipinski definition) is 2. The van der Waals surface area contributed by atoms with Crippen LogP contribution in [0.2, 0.25) is 0 Å². The monoisotopic (exact) mass is 330 g/mol. The van der Waals surface area contributed by atoms with Crippen LogP contribution in [-0.4, -0.2) is 49.6 Å². The number of rotatable bonds is 7. The molecule has 2 aromatic rings. The largest absolute Gasteiger partial charge is 0.390 e. The molecule has 0 bridgehead atoms. The second kappa shape index (κ2) is 7.21. The molecule has 1 aliphatic carbocycles. The fraction of sp³-hybridized carbons (Fsp3) is 0.556. The molecule has 6 nitrogen and oxygen atoms in total. The van der Waals surface area contributed by atoms with Gasteiger partial charge in [-0.3, -0.25) is 4.79 Å². The Morgan fingerprint density at radius 1 is 1.42 bits per heavy atom. The number of amides is 1. The highest BCUT2D eigenvalue weighted by Crippen LogP contribution is 2.32. The quantitative estimate of drug-likeness (QED) is 0.817. The van der Waals surface area contributed by atoms with Crippen molar-refractivity contribution in [1.82, 2.24) is 19.4 Å². The molecule has 1 atom stereocenters. The Morgan fingerprint density at radius 3 is 2.75 bits per heavy atom. The number of nitrogens with zero attached hydrogens (tertiary/aromatic N) is 3. The third-order valence-electron chi connectivity index (χ3n) is 5.06. The first-order valence-electron chi connectivity index (χ1n) is 8.64. The van der Waals surface area contributed by atoms with Crippen LogP contribution in [0, 0.1) is 0 Å². The zero-order chi connectivity index (χ0) is 17.0. The number of hydrogen-bond acceptors (Lipinski definition) is 3. The van der Waals surface area contributed by atoms with Gasteiger partial charge in [-0.15, -0.1) is 0 Å². The lowest BCUT2D eigenvalue weighted by molar-refractivity contribution is -0.134. The number of H-pyrrole nitrogens is 1. The van der Waals surface area contributed by atoms with Gasteiger partial charge in [-0.05, 0) is 31.4 Å². The number of carbonyl (C=O) groups excluding carboxylic acids is 1. The summed E-state index contributed by atoms with van der Waals surface area (Å²) in [5.74, 6) is 0.0578. The first-order valence-corrected chi connectivity index (χ1v) is 8.64. The smallest absolute Gasteiger partial charge is 0.245 e. The van der Waals surface area contributed by atoms with E-state index in [0.717, 1.165) is 31.4 Å². The van der Waals surface area contributed by atoms with E-state index in [4.69, 9.17) is 0 Å². The Morgan fingerprint density at radius 2 is 2.12 bits per heavy atom. The van der Waals surface area contributed by atoms with Gasteiger partial charge < -0.3 is 19.6 Å². The first kappa shape index (κ1) is 16.8. The van der Waals surface area contributed by atoms with Crippen molar-refractivity contribution < 1.29 is 9.90 Å². The number of imidazole rings is 1. The normalized spacial score (nSPS) is 17.8. The molecule has 0 spiro atoms. The maximum absolute atomic E-state index is 13.0. The van der Waals surface area contributed by atoms with Gasteiger partial charge >= 0.3 is 0 Å². The number of likely N-dealkylation sites (N-methyl/N-ethyl adjacent to an activating group) is 1. The van der Waals surface area contributed by atoms with E-state index in [2.05, 4.69) is 9.97 Å². The standard InChI is InChI=1S/C18H26N4O2/c1-21(11-8-18(24)6-2-3-7-18)17(23)16(22-9-4-5-10-22)12-15-13-19-14-20-15/h4-5,9-10,13-14,16,24H,2-3,6-8,11-12H2,1H3,(H,19,20). The van der Waals surface area contributed by atoms with Gasteiger partial charge in [0.25, 0.3) is 0 Å². The SMILES string of the molecule is CN(CCC1(O)CCCC1)C(=O)C(Cc1cnc[nH]1)n1cccc1. The van der Waals surface area contributed by atoms with Gasteiger partial charge in [-0.1, -0.05) is 12.8 Å². The van der Waals surface area contributed by atoms with Gasteiger partial charge in [-0.2, -0.15) is 0 Å². The Labute approximate surface area is 142 Å². The molecule has 6 heteroatoms. The first-order chi connectivity index (χ1) is 11.6. The van der Waals surface area contributed by atoms with Crippen molar-refractivity contribution in [2.24, 2.45) is 0 Å². The molecule has 2 heterocycles. The van der Waals surface area contributed by atoms with E-state index in [9.17, 15) is 9.90 Å². The second-order valence-electron chi connectivity index (χ2n) is 6.87. The Bertz CT molecular complexity index is 630. The van der Waals surface area contributed by atoms with E-state index in [1.165, 1.54) is 0 Å². The van der Waals surface area contributed by atoms with E-state index >= 15 is 0 Å². The highest BCUT2D eigenvalue weighted by Gasteiger charge is 2.32. The van der Waals surface area contributed by atoms with Crippen LogP contribution >= 0.6 is 0 Å². The van der Waals surface area contributed by atoms with Gasteiger partial charge in [0.15, 0.2) is 0 Å². The van der Waals surface area contributed by atoms with Crippen molar-refractivity contribution >= 4 is 5.91 Å². The number of nitrogens with one attached hydrogen (secondary N) is 1. The summed E-state index contributed by atoms with van der Waals surface area (Å²) >= 11 is 0. The third-order valence-corrected chi connectivity index (χ3v) is 5.06. The van der Waals surface area contributed by atoms with Crippen molar-refractivity contribution in [2.75, 3.05) is 13.6 Å². The number of aliphatic hydroxyl groups is 1. The van der Waals surface area contributed by atoms with E-state index in [0.29, 0.717) is 19.4 Å². The maximum Gasteiger partial charge on any atom is 0.245 e. The predicted molar refractivity (Wildman–Crippen MR) is 91.4 cm³/mol. The van der Waals surface area contributed by atoms with Crippen LogP contribution in [0.25, 0.3) is 0 Å². The molecule has 0 aromatic carbocycles. The van der Waals surface area contributed by atoms with Crippen molar-refractivity contribution in [1.29, 1.82) is 0 Å². The molecule has 1 amide bonds. The summed E-state index contributed by atoms with van der Waals surface area (Å²) in [6.07, 6.45) is 12.3. The van der Waals surface area contributed by atoms with Crippen molar-refractivity contribution in [3.63, 3.8) is 0 Å². The lowest BCUT2D eigenvalue weighted by atomic mass is 9.97.